The molecule has 1 aromatic rings. The first-order valence-electron chi connectivity index (χ1n) is 7.17. The van der Waals surface area contributed by atoms with Gasteiger partial charge in [0.1, 0.15) is 5.60 Å². The number of ether oxygens (including phenoxy) is 1. The molecule has 0 unspecified atom stereocenters. The Kier molecular flexibility index (Phi) is 4.95. The number of alkyl carbamates (subject to hydrolysis) is 1. The summed E-state index contributed by atoms with van der Waals surface area (Å²) in [5.74, 6) is 0.734. The fourth-order valence-corrected chi connectivity index (χ4v) is 1.96. The zero-order valence-electron chi connectivity index (χ0n) is 12.8. The average molecular weight is 293 g/mol. The number of rotatable bonds is 3. The number of nitrogens with zero attached hydrogens (tertiary/aromatic N) is 3. The van der Waals surface area contributed by atoms with Crippen molar-refractivity contribution in [1.82, 2.24) is 20.6 Å². The summed E-state index contributed by atoms with van der Waals surface area (Å²) in [6.07, 6.45) is 3.04. The summed E-state index contributed by atoms with van der Waals surface area (Å²) >= 11 is 0. The summed E-state index contributed by atoms with van der Waals surface area (Å²) in [4.78, 5) is 22.4. The van der Waals surface area contributed by atoms with Crippen molar-refractivity contribution in [2.75, 3.05) is 31.1 Å². The third-order valence-electron chi connectivity index (χ3n) is 2.93. The summed E-state index contributed by atoms with van der Waals surface area (Å²) in [6, 6.07) is 0. The lowest BCUT2D eigenvalue weighted by molar-refractivity contribution is 0.0523. The van der Waals surface area contributed by atoms with E-state index in [0.29, 0.717) is 6.54 Å². The summed E-state index contributed by atoms with van der Waals surface area (Å²) < 4.78 is 5.17. The molecule has 0 aliphatic carbocycles. The van der Waals surface area contributed by atoms with Gasteiger partial charge >= 0.3 is 6.09 Å². The van der Waals surface area contributed by atoms with Gasteiger partial charge in [0, 0.05) is 50.7 Å². The quantitative estimate of drug-likeness (QED) is 0.862. The van der Waals surface area contributed by atoms with Crippen molar-refractivity contribution in [3.05, 3.63) is 18.0 Å². The predicted molar refractivity (Wildman–Crippen MR) is 80.2 cm³/mol. The van der Waals surface area contributed by atoms with Crippen LogP contribution in [0.5, 0.6) is 0 Å². The Morgan fingerprint density at radius 2 is 1.95 bits per heavy atom. The van der Waals surface area contributed by atoms with E-state index in [9.17, 15) is 4.79 Å². The number of hydrogen-bond acceptors (Lipinski definition) is 6. The first kappa shape index (κ1) is 15.5. The third kappa shape index (κ3) is 5.18. The van der Waals surface area contributed by atoms with E-state index < -0.39 is 11.7 Å². The minimum Gasteiger partial charge on any atom is -0.444 e. The number of anilines is 1. The lowest BCUT2D eigenvalue weighted by Crippen LogP contribution is -2.44. The zero-order valence-corrected chi connectivity index (χ0v) is 12.8. The highest BCUT2D eigenvalue weighted by Crippen LogP contribution is 2.09. The maximum absolute atomic E-state index is 11.6. The SMILES string of the molecule is CC(C)(C)OC(=O)NCc1cnc(N2CCNCC2)nc1. The Hall–Kier alpha value is -1.89. The summed E-state index contributed by atoms with van der Waals surface area (Å²) in [6.45, 7) is 9.58. The van der Waals surface area contributed by atoms with E-state index in [0.717, 1.165) is 37.7 Å². The molecule has 0 atom stereocenters. The molecule has 2 heterocycles. The molecule has 0 radical (unpaired) electrons. The molecule has 1 aromatic heterocycles. The third-order valence-corrected chi connectivity index (χ3v) is 2.93. The molecule has 2 N–H and O–H groups in total. The van der Waals surface area contributed by atoms with E-state index in [4.69, 9.17) is 4.74 Å². The van der Waals surface area contributed by atoms with Gasteiger partial charge in [-0.3, -0.25) is 0 Å². The molecule has 1 aliphatic heterocycles. The topological polar surface area (TPSA) is 79.4 Å². The van der Waals surface area contributed by atoms with Gasteiger partial charge in [-0.15, -0.1) is 0 Å². The molecule has 1 amide bonds. The monoisotopic (exact) mass is 293 g/mol. The molecule has 7 heteroatoms. The van der Waals surface area contributed by atoms with Crippen molar-refractivity contribution in [2.24, 2.45) is 0 Å². The van der Waals surface area contributed by atoms with E-state index >= 15 is 0 Å². The standard InChI is InChI=1S/C14H23N5O2/c1-14(2,3)21-13(20)18-10-11-8-16-12(17-9-11)19-6-4-15-5-7-19/h8-9,15H,4-7,10H2,1-3H3,(H,18,20). The summed E-state index contributed by atoms with van der Waals surface area (Å²) in [7, 11) is 0. The Bertz CT molecular complexity index is 463. The largest absolute Gasteiger partial charge is 0.444 e. The lowest BCUT2D eigenvalue weighted by atomic mass is 10.2. The Balaban J connectivity index is 1.83. The molecule has 0 aromatic carbocycles. The van der Waals surface area contributed by atoms with E-state index in [-0.39, 0.29) is 0 Å². The smallest absolute Gasteiger partial charge is 0.407 e. The van der Waals surface area contributed by atoms with Crippen LogP contribution in [0.2, 0.25) is 0 Å². The van der Waals surface area contributed by atoms with Crippen molar-refractivity contribution in [1.29, 1.82) is 0 Å². The molecule has 7 nitrogen and oxygen atoms in total. The van der Waals surface area contributed by atoms with Gasteiger partial charge in [-0.2, -0.15) is 0 Å². The lowest BCUT2D eigenvalue weighted by Gasteiger charge is -2.27. The maximum Gasteiger partial charge on any atom is 0.407 e. The minimum absolute atomic E-state index is 0.358. The molecule has 1 fully saturated rings. The molecule has 116 valence electrons. The van der Waals surface area contributed by atoms with Crippen LogP contribution in [0.3, 0.4) is 0 Å². The molecule has 1 saturated heterocycles. The number of piperazine rings is 1. The predicted octanol–water partition coefficient (Wildman–Crippen LogP) is 0.911. The van der Waals surface area contributed by atoms with Crippen molar-refractivity contribution < 1.29 is 9.53 Å². The van der Waals surface area contributed by atoms with Gasteiger partial charge < -0.3 is 20.3 Å². The molecule has 0 bridgehead atoms. The van der Waals surface area contributed by atoms with Gasteiger partial charge in [0.25, 0.3) is 0 Å². The normalized spacial score (nSPS) is 15.7. The van der Waals surface area contributed by atoms with Gasteiger partial charge in [0.2, 0.25) is 5.95 Å². The van der Waals surface area contributed by atoms with Crippen molar-refractivity contribution in [3.63, 3.8) is 0 Å². The Labute approximate surface area is 125 Å². The minimum atomic E-state index is -0.493. The molecule has 2 rings (SSSR count). The highest BCUT2D eigenvalue weighted by atomic mass is 16.6. The second kappa shape index (κ2) is 6.71. The highest BCUT2D eigenvalue weighted by molar-refractivity contribution is 5.67. The second-order valence-electron chi connectivity index (χ2n) is 5.98. The summed E-state index contributed by atoms with van der Waals surface area (Å²) in [5, 5.41) is 5.98. The van der Waals surface area contributed by atoms with Gasteiger partial charge in [-0.1, -0.05) is 0 Å². The van der Waals surface area contributed by atoms with Crippen LogP contribution in [-0.2, 0) is 11.3 Å². The van der Waals surface area contributed by atoms with Crippen LogP contribution < -0.4 is 15.5 Å². The fourth-order valence-electron chi connectivity index (χ4n) is 1.96. The molecule has 1 aliphatic rings. The van der Waals surface area contributed by atoms with Crippen molar-refractivity contribution >= 4 is 12.0 Å². The number of amides is 1. The fraction of sp³-hybridized carbons (Fsp3) is 0.643. The van der Waals surface area contributed by atoms with Crippen LogP contribution in [0.15, 0.2) is 12.4 Å². The van der Waals surface area contributed by atoms with Crippen molar-refractivity contribution in [3.8, 4) is 0 Å². The number of hydrogen-bond donors (Lipinski definition) is 2. The average Bonchev–Trinajstić information content (AvgIpc) is 2.45. The van der Waals surface area contributed by atoms with Gasteiger partial charge in [0.15, 0.2) is 0 Å². The van der Waals surface area contributed by atoms with Crippen molar-refractivity contribution in [2.45, 2.75) is 32.9 Å². The van der Waals surface area contributed by atoms with Crippen LogP contribution in [0.25, 0.3) is 0 Å². The first-order valence-corrected chi connectivity index (χ1v) is 7.17. The number of carbonyl (C=O) groups excluding carboxylic acids is 1. The number of carbonyl (C=O) groups is 1. The molecular formula is C14H23N5O2. The van der Waals surface area contributed by atoms with Crippen LogP contribution in [0, 0.1) is 0 Å². The van der Waals surface area contributed by atoms with Crippen LogP contribution in [0.4, 0.5) is 10.7 Å². The van der Waals surface area contributed by atoms with Gasteiger partial charge in [-0.25, -0.2) is 14.8 Å². The van der Waals surface area contributed by atoms with Crippen LogP contribution in [-0.4, -0.2) is 47.8 Å². The second-order valence-corrected chi connectivity index (χ2v) is 5.98. The van der Waals surface area contributed by atoms with E-state index in [1.54, 1.807) is 12.4 Å². The molecule has 21 heavy (non-hydrogen) atoms. The Morgan fingerprint density at radius 3 is 2.52 bits per heavy atom. The maximum atomic E-state index is 11.6. The molecular weight excluding hydrogens is 270 g/mol. The zero-order chi connectivity index (χ0) is 15.3. The van der Waals surface area contributed by atoms with E-state index in [1.807, 2.05) is 20.8 Å². The number of nitrogens with one attached hydrogen (secondary N) is 2. The molecule has 0 saturated carbocycles. The highest BCUT2D eigenvalue weighted by Gasteiger charge is 2.16. The van der Waals surface area contributed by atoms with E-state index in [2.05, 4.69) is 25.5 Å². The summed E-state index contributed by atoms with van der Waals surface area (Å²) in [5.41, 5.74) is 0.354. The van der Waals surface area contributed by atoms with Gasteiger partial charge in [0.05, 0.1) is 0 Å². The van der Waals surface area contributed by atoms with E-state index in [1.165, 1.54) is 0 Å². The van der Waals surface area contributed by atoms with Crippen LogP contribution in [0.1, 0.15) is 26.3 Å². The first-order chi connectivity index (χ1) is 9.94. The molecule has 0 spiro atoms. The Morgan fingerprint density at radius 1 is 1.33 bits per heavy atom. The van der Waals surface area contributed by atoms with Crippen LogP contribution >= 0.6 is 0 Å². The van der Waals surface area contributed by atoms with Gasteiger partial charge in [-0.05, 0) is 20.8 Å². The number of aromatic nitrogens is 2.